The van der Waals surface area contributed by atoms with Gasteiger partial charge in [-0.3, -0.25) is 9.59 Å². The summed E-state index contributed by atoms with van der Waals surface area (Å²) in [7, 11) is 0. The van der Waals surface area contributed by atoms with Crippen LogP contribution >= 0.6 is 0 Å². The molecule has 0 aliphatic carbocycles. The molecule has 4 nitrogen and oxygen atoms in total. The van der Waals surface area contributed by atoms with E-state index in [0.717, 1.165) is 29.2 Å². The largest absolute Gasteiger partial charge is 0.418 e. The van der Waals surface area contributed by atoms with Crippen molar-refractivity contribution in [2.75, 3.05) is 16.8 Å². The predicted octanol–water partition coefficient (Wildman–Crippen LogP) is 3.98. The van der Waals surface area contributed by atoms with Crippen LogP contribution in [0.3, 0.4) is 0 Å². The van der Waals surface area contributed by atoms with Gasteiger partial charge in [-0.25, -0.2) is 8.78 Å². The average molecular weight is 384 g/mol. The second kappa shape index (κ2) is 6.98. The molecule has 2 amide bonds. The number of benzene rings is 2. The fraction of sp³-hybridized carbons (Fsp3) is 0.222. The predicted molar refractivity (Wildman–Crippen MR) is 86.9 cm³/mol. The number of halogens is 5. The van der Waals surface area contributed by atoms with E-state index in [9.17, 15) is 31.5 Å². The van der Waals surface area contributed by atoms with Crippen LogP contribution in [0.4, 0.5) is 33.3 Å². The fourth-order valence-corrected chi connectivity index (χ4v) is 2.89. The summed E-state index contributed by atoms with van der Waals surface area (Å²) in [5, 5.41) is 2.18. The van der Waals surface area contributed by atoms with Gasteiger partial charge in [0.25, 0.3) is 0 Å². The lowest BCUT2D eigenvalue weighted by molar-refractivity contribution is -0.137. The van der Waals surface area contributed by atoms with Crippen molar-refractivity contribution in [1.29, 1.82) is 0 Å². The Kier molecular flexibility index (Phi) is 4.86. The van der Waals surface area contributed by atoms with E-state index in [2.05, 4.69) is 5.32 Å². The Morgan fingerprint density at radius 1 is 1.11 bits per heavy atom. The van der Waals surface area contributed by atoms with E-state index in [4.69, 9.17) is 0 Å². The molecule has 1 fully saturated rings. The quantitative estimate of drug-likeness (QED) is 0.814. The van der Waals surface area contributed by atoms with Crippen LogP contribution in [-0.4, -0.2) is 18.4 Å². The highest BCUT2D eigenvalue weighted by molar-refractivity contribution is 6.03. The van der Waals surface area contributed by atoms with Crippen LogP contribution in [0.2, 0.25) is 0 Å². The highest BCUT2D eigenvalue weighted by Crippen LogP contribution is 2.35. The number of alkyl halides is 3. The Balaban J connectivity index is 1.77. The first kappa shape index (κ1) is 18.8. The third-order valence-corrected chi connectivity index (χ3v) is 4.19. The monoisotopic (exact) mass is 384 g/mol. The van der Waals surface area contributed by atoms with Crippen molar-refractivity contribution in [3.8, 4) is 0 Å². The summed E-state index contributed by atoms with van der Waals surface area (Å²) in [6.45, 7) is -0.221. The van der Waals surface area contributed by atoms with Crippen molar-refractivity contribution in [3.63, 3.8) is 0 Å². The van der Waals surface area contributed by atoms with Crippen LogP contribution in [0.5, 0.6) is 0 Å². The zero-order valence-electron chi connectivity index (χ0n) is 13.7. The summed E-state index contributed by atoms with van der Waals surface area (Å²) in [6.07, 6.45) is -4.95. The lowest BCUT2D eigenvalue weighted by atomic mass is 10.1. The highest BCUT2D eigenvalue weighted by atomic mass is 19.4. The van der Waals surface area contributed by atoms with Gasteiger partial charge in [0, 0.05) is 19.0 Å². The van der Waals surface area contributed by atoms with Crippen molar-refractivity contribution in [2.24, 2.45) is 5.92 Å². The normalized spacial score (nSPS) is 17.3. The van der Waals surface area contributed by atoms with Crippen molar-refractivity contribution >= 4 is 23.2 Å². The number of carbonyl (C=O) groups excluding carboxylic acids is 2. The van der Waals surface area contributed by atoms with E-state index in [1.807, 2.05) is 0 Å². The van der Waals surface area contributed by atoms with Crippen molar-refractivity contribution in [2.45, 2.75) is 12.6 Å². The van der Waals surface area contributed by atoms with Gasteiger partial charge in [0.05, 0.1) is 22.9 Å². The Morgan fingerprint density at radius 2 is 1.81 bits per heavy atom. The molecule has 1 atom stereocenters. The average Bonchev–Trinajstić information content (AvgIpc) is 2.96. The lowest BCUT2D eigenvalue weighted by Gasteiger charge is -2.18. The molecule has 0 saturated carbocycles. The van der Waals surface area contributed by atoms with Gasteiger partial charge < -0.3 is 10.2 Å². The fourth-order valence-electron chi connectivity index (χ4n) is 2.89. The van der Waals surface area contributed by atoms with Crippen LogP contribution in [0.1, 0.15) is 12.0 Å². The van der Waals surface area contributed by atoms with Crippen LogP contribution in [0.25, 0.3) is 0 Å². The molecule has 27 heavy (non-hydrogen) atoms. The first-order chi connectivity index (χ1) is 12.7. The van der Waals surface area contributed by atoms with Gasteiger partial charge >= 0.3 is 6.18 Å². The first-order valence-electron chi connectivity index (χ1n) is 7.89. The SMILES string of the molecule is O=C(Nc1ccccc1C(F)(F)F)C1CC(=O)N(c2ccc(F)cc2F)C1. The molecule has 1 aliphatic rings. The van der Waals surface area contributed by atoms with Crippen molar-refractivity contribution in [1.82, 2.24) is 0 Å². The van der Waals surface area contributed by atoms with Crippen molar-refractivity contribution in [3.05, 3.63) is 59.7 Å². The molecule has 2 aromatic carbocycles. The third-order valence-electron chi connectivity index (χ3n) is 4.19. The van der Waals surface area contributed by atoms with E-state index in [1.165, 1.54) is 12.1 Å². The number of nitrogens with zero attached hydrogens (tertiary/aromatic N) is 1. The molecule has 1 N–H and O–H groups in total. The minimum absolute atomic E-state index is 0.188. The van der Waals surface area contributed by atoms with Gasteiger partial charge in [0.15, 0.2) is 0 Å². The number of carbonyl (C=O) groups is 2. The first-order valence-corrected chi connectivity index (χ1v) is 7.89. The van der Waals surface area contributed by atoms with Crippen LogP contribution in [-0.2, 0) is 15.8 Å². The molecule has 0 radical (unpaired) electrons. The maximum Gasteiger partial charge on any atom is 0.418 e. The van der Waals surface area contributed by atoms with Gasteiger partial charge in [0.1, 0.15) is 11.6 Å². The highest BCUT2D eigenvalue weighted by Gasteiger charge is 2.38. The summed E-state index contributed by atoms with van der Waals surface area (Å²) >= 11 is 0. The Hall–Kier alpha value is -2.97. The van der Waals surface area contributed by atoms with E-state index in [1.54, 1.807) is 0 Å². The number of rotatable bonds is 3. The maximum atomic E-state index is 13.9. The topological polar surface area (TPSA) is 49.4 Å². The lowest BCUT2D eigenvalue weighted by Crippen LogP contribution is -2.29. The maximum absolute atomic E-state index is 13.9. The summed E-state index contributed by atoms with van der Waals surface area (Å²) < 4.78 is 65.9. The zero-order chi connectivity index (χ0) is 19.8. The molecule has 0 aromatic heterocycles. The molecule has 1 saturated heterocycles. The summed E-state index contributed by atoms with van der Waals surface area (Å²) in [5.41, 5.74) is -1.62. The van der Waals surface area contributed by atoms with E-state index in [0.29, 0.717) is 6.07 Å². The van der Waals surface area contributed by atoms with Gasteiger partial charge in [-0.05, 0) is 24.3 Å². The minimum atomic E-state index is -4.65. The van der Waals surface area contributed by atoms with Gasteiger partial charge in [-0.1, -0.05) is 12.1 Å². The molecule has 0 bridgehead atoms. The van der Waals surface area contributed by atoms with Gasteiger partial charge in [0.2, 0.25) is 11.8 Å². The zero-order valence-corrected chi connectivity index (χ0v) is 13.7. The smallest absolute Gasteiger partial charge is 0.325 e. The van der Waals surface area contributed by atoms with Crippen LogP contribution in [0.15, 0.2) is 42.5 Å². The van der Waals surface area contributed by atoms with Crippen molar-refractivity contribution < 1.29 is 31.5 Å². The molecular weight excluding hydrogens is 371 g/mol. The molecular formula is C18H13F5N2O2. The Bertz CT molecular complexity index is 898. The van der Waals surface area contributed by atoms with E-state index >= 15 is 0 Å². The number of hydrogen-bond acceptors (Lipinski definition) is 2. The molecule has 1 unspecified atom stereocenters. The number of amides is 2. The number of nitrogens with one attached hydrogen (secondary N) is 1. The van der Waals surface area contributed by atoms with Crippen LogP contribution in [0, 0.1) is 17.6 Å². The number of anilines is 2. The van der Waals surface area contributed by atoms with E-state index < -0.39 is 46.8 Å². The summed E-state index contributed by atoms with van der Waals surface area (Å²) in [4.78, 5) is 25.4. The Labute approximate surface area is 150 Å². The molecule has 142 valence electrons. The number of hydrogen-bond donors (Lipinski definition) is 1. The molecule has 3 rings (SSSR count). The van der Waals surface area contributed by atoms with Crippen LogP contribution < -0.4 is 10.2 Å². The second-order valence-corrected chi connectivity index (χ2v) is 6.03. The van der Waals surface area contributed by atoms with Gasteiger partial charge in [-0.15, -0.1) is 0 Å². The minimum Gasteiger partial charge on any atom is -0.325 e. The number of para-hydroxylation sites is 1. The molecule has 1 aliphatic heterocycles. The molecule has 0 spiro atoms. The van der Waals surface area contributed by atoms with Gasteiger partial charge in [-0.2, -0.15) is 13.2 Å². The summed E-state index contributed by atoms with van der Waals surface area (Å²) in [5.74, 6) is -4.12. The molecule has 2 aromatic rings. The molecule has 9 heteroatoms. The second-order valence-electron chi connectivity index (χ2n) is 6.03. The molecule has 1 heterocycles. The Morgan fingerprint density at radius 3 is 2.48 bits per heavy atom. The third kappa shape index (κ3) is 3.91. The summed E-state index contributed by atoms with van der Waals surface area (Å²) in [6, 6.07) is 7.11. The standard InChI is InChI=1S/C18H13F5N2O2/c19-11-5-6-15(13(20)8-11)25-9-10(7-16(25)26)17(27)24-14-4-2-1-3-12(14)18(21,22)23/h1-6,8,10H,7,9H2,(H,24,27). The van der Waals surface area contributed by atoms with E-state index in [-0.39, 0.29) is 18.7 Å².